The molecule has 0 spiro atoms. The van der Waals surface area contributed by atoms with E-state index in [1.54, 1.807) is 7.11 Å². The number of methoxy groups -OCH3 is 1. The molecule has 0 unspecified atom stereocenters. The normalized spacial score (nSPS) is 19.5. The molecule has 1 amide bonds. The molecular formula is C27H31N5O2S. The lowest BCUT2D eigenvalue weighted by Gasteiger charge is -2.28. The molecule has 1 saturated heterocycles. The van der Waals surface area contributed by atoms with E-state index in [1.165, 1.54) is 29.8 Å². The molecule has 1 aromatic carbocycles. The van der Waals surface area contributed by atoms with Gasteiger partial charge in [0.15, 0.2) is 5.11 Å². The summed E-state index contributed by atoms with van der Waals surface area (Å²) in [5, 5.41) is 7.12. The largest absolute Gasteiger partial charge is 0.495 e. The number of carbonyl (C=O) groups excluding carboxylic acids is 1. The second kappa shape index (κ2) is 9.70. The fourth-order valence-corrected chi connectivity index (χ4v) is 5.50. The highest BCUT2D eigenvalue weighted by molar-refractivity contribution is 7.80. The first-order valence-corrected chi connectivity index (χ1v) is 12.5. The number of aromatic nitrogens is 2. The number of thiocarbonyl (C=S) groups is 1. The summed E-state index contributed by atoms with van der Waals surface area (Å²) in [4.78, 5) is 19.7. The summed E-state index contributed by atoms with van der Waals surface area (Å²) in [5.41, 5.74) is 5.38. The topological polar surface area (TPSA) is 71.4 Å². The minimum Gasteiger partial charge on any atom is -0.495 e. The van der Waals surface area contributed by atoms with E-state index in [-0.39, 0.29) is 18.0 Å². The molecule has 2 aliphatic rings. The molecule has 2 aromatic heterocycles. The first-order valence-electron chi connectivity index (χ1n) is 12.1. The van der Waals surface area contributed by atoms with Crippen molar-refractivity contribution in [3.63, 3.8) is 0 Å². The maximum Gasteiger partial charge on any atom is 0.226 e. The SMILES string of the molecule is COc1ccccc1NC(=O)CCN1C(=S)N[C@@H](c2ccccn2)[C@H]1c1cc(C)n(C2CC2)c1C. The summed E-state index contributed by atoms with van der Waals surface area (Å²) in [6, 6.07) is 16.1. The van der Waals surface area contributed by atoms with Crippen molar-refractivity contribution in [1.29, 1.82) is 0 Å². The van der Waals surface area contributed by atoms with Crippen LogP contribution in [0.3, 0.4) is 0 Å². The molecule has 0 radical (unpaired) electrons. The number of amides is 1. The molecular weight excluding hydrogens is 458 g/mol. The Balaban J connectivity index is 1.41. The number of pyridine rings is 1. The van der Waals surface area contributed by atoms with Crippen LogP contribution in [0.1, 0.15) is 60.0 Å². The zero-order valence-corrected chi connectivity index (χ0v) is 21.1. The van der Waals surface area contributed by atoms with Gasteiger partial charge in [-0.2, -0.15) is 0 Å². The van der Waals surface area contributed by atoms with E-state index in [0.717, 1.165) is 5.69 Å². The molecule has 5 rings (SSSR count). The third-order valence-electron chi connectivity index (χ3n) is 6.91. The number of anilines is 1. The number of hydrogen-bond donors (Lipinski definition) is 2. The van der Waals surface area contributed by atoms with Crippen molar-refractivity contribution >= 4 is 28.9 Å². The Morgan fingerprint density at radius 1 is 1.20 bits per heavy atom. The van der Waals surface area contributed by atoms with Crippen molar-refractivity contribution in [2.75, 3.05) is 19.0 Å². The number of ether oxygens (including phenoxy) is 1. The van der Waals surface area contributed by atoms with E-state index in [2.05, 4.69) is 45.0 Å². The van der Waals surface area contributed by atoms with Crippen molar-refractivity contribution < 1.29 is 9.53 Å². The molecule has 3 aromatic rings. The standard InChI is InChI=1S/C27H31N5O2S/c1-17-16-20(18(2)32(17)19-11-12-19)26-25(22-9-6-7-14-28-22)30-27(35)31(26)15-13-24(33)29-21-8-4-5-10-23(21)34-3/h4-10,14,16,19,25-26H,11-13,15H2,1-3H3,(H,29,33)(H,30,35)/t25-,26+/m0/s1. The molecule has 3 heterocycles. The number of benzene rings is 1. The van der Waals surface area contributed by atoms with Gasteiger partial charge in [-0.05, 0) is 74.8 Å². The fraction of sp³-hybridized carbons (Fsp3) is 0.370. The Kier molecular flexibility index (Phi) is 6.47. The van der Waals surface area contributed by atoms with Gasteiger partial charge in [-0.15, -0.1) is 0 Å². The summed E-state index contributed by atoms with van der Waals surface area (Å²) in [7, 11) is 1.60. The predicted molar refractivity (Wildman–Crippen MR) is 141 cm³/mol. The summed E-state index contributed by atoms with van der Waals surface area (Å²) in [6.07, 6.45) is 4.57. The molecule has 1 saturated carbocycles. The Morgan fingerprint density at radius 2 is 1.97 bits per heavy atom. The molecule has 2 fully saturated rings. The highest BCUT2D eigenvalue weighted by Crippen LogP contribution is 2.44. The van der Waals surface area contributed by atoms with E-state index in [9.17, 15) is 4.79 Å². The maximum absolute atomic E-state index is 12.9. The van der Waals surface area contributed by atoms with Crippen LogP contribution in [0.15, 0.2) is 54.7 Å². The quantitative estimate of drug-likeness (QED) is 0.441. The van der Waals surface area contributed by atoms with Crippen LogP contribution in [0, 0.1) is 13.8 Å². The van der Waals surface area contributed by atoms with Gasteiger partial charge in [-0.1, -0.05) is 18.2 Å². The first kappa shape index (κ1) is 23.4. The first-order chi connectivity index (χ1) is 17.0. The zero-order chi connectivity index (χ0) is 24.5. The number of nitrogens with one attached hydrogen (secondary N) is 2. The third kappa shape index (κ3) is 4.62. The maximum atomic E-state index is 12.9. The Morgan fingerprint density at radius 3 is 2.69 bits per heavy atom. The van der Waals surface area contributed by atoms with Gasteiger partial charge in [0.2, 0.25) is 5.91 Å². The lowest BCUT2D eigenvalue weighted by Crippen LogP contribution is -2.33. The van der Waals surface area contributed by atoms with Gasteiger partial charge in [0.05, 0.1) is 30.6 Å². The second-order valence-corrected chi connectivity index (χ2v) is 9.63. The minimum atomic E-state index is -0.0888. The van der Waals surface area contributed by atoms with Gasteiger partial charge >= 0.3 is 0 Å². The van der Waals surface area contributed by atoms with Gasteiger partial charge < -0.3 is 24.8 Å². The van der Waals surface area contributed by atoms with Crippen LogP contribution >= 0.6 is 12.2 Å². The number of aryl methyl sites for hydroxylation is 1. The monoisotopic (exact) mass is 489 g/mol. The number of rotatable bonds is 8. The number of nitrogens with zero attached hydrogens (tertiary/aromatic N) is 3. The van der Waals surface area contributed by atoms with Crippen molar-refractivity contribution in [3.05, 3.63) is 77.4 Å². The summed E-state index contributed by atoms with van der Waals surface area (Å²) < 4.78 is 7.82. The van der Waals surface area contributed by atoms with Gasteiger partial charge in [-0.25, -0.2) is 0 Å². The molecule has 8 heteroatoms. The second-order valence-electron chi connectivity index (χ2n) is 9.25. The zero-order valence-electron chi connectivity index (χ0n) is 20.3. The molecule has 182 valence electrons. The highest BCUT2D eigenvalue weighted by Gasteiger charge is 2.42. The van der Waals surface area contributed by atoms with Crippen LogP contribution < -0.4 is 15.4 Å². The van der Waals surface area contributed by atoms with E-state index in [4.69, 9.17) is 17.0 Å². The lowest BCUT2D eigenvalue weighted by molar-refractivity contribution is -0.116. The van der Waals surface area contributed by atoms with Crippen LogP contribution in [-0.2, 0) is 4.79 Å². The van der Waals surface area contributed by atoms with Crippen molar-refractivity contribution in [3.8, 4) is 5.75 Å². The summed E-state index contributed by atoms with van der Waals surface area (Å²) in [6.45, 7) is 4.87. The molecule has 0 bridgehead atoms. The molecule has 1 aliphatic carbocycles. The third-order valence-corrected chi connectivity index (χ3v) is 7.27. The Bertz CT molecular complexity index is 1240. The van der Waals surface area contributed by atoms with Crippen molar-refractivity contribution in [2.24, 2.45) is 0 Å². The molecule has 7 nitrogen and oxygen atoms in total. The van der Waals surface area contributed by atoms with E-state index < -0.39 is 0 Å². The van der Waals surface area contributed by atoms with E-state index in [1.807, 2.05) is 48.7 Å². The molecule has 2 atom stereocenters. The number of carbonyl (C=O) groups is 1. The number of para-hydroxylation sites is 2. The van der Waals surface area contributed by atoms with Gasteiger partial charge in [-0.3, -0.25) is 9.78 Å². The van der Waals surface area contributed by atoms with E-state index in [0.29, 0.717) is 35.6 Å². The van der Waals surface area contributed by atoms with Crippen molar-refractivity contribution in [1.82, 2.24) is 19.8 Å². The smallest absolute Gasteiger partial charge is 0.226 e. The number of hydrogen-bond acceptors (Lipinski definition) is 4. The average molecular weight is 490 g/mol. The van der Waals surface area contributed by atoms with Crippen LogP contribution in [0.4, 0.5) is 5.69 Å². The minimum absolute atomic E-state index is 0.0461. The van der Waals surface area contributed by atoms with Crippen LogP contribution in [0.25, 0.3) is 0 Å². The van der Waals surface area contributed by atoms with Crippen LogP contribution in [0.2, 0.25) is 0 Å². The van der Waals surface area contributed by atoms with Gasteiger partial charge in [0, 0.05) is 36.6 Å². The molecule has 1 aliphatic heterocycles. The summed E-state index contributed by atoms with van der Waals surface area (Å²) >= 11 is 5.79. The van der Waals surface area contributed by atoms with Crippen LogP contribution in [0.5, 0.6) is 5.75 Å². The van der Waals surface area contributed by atoms with Crippen molar-refractivity contribution in [2.45, 2.75) is 51.2 Å². The Labute approximate surface area is 211 Å². The van der Waals surface area contributed by atoms with Gasteiger partial charge in [0.25, 0.3) is 0 Å². The van der Waals surface area contributed by atoms with E-state index >= 15 is 0 Å². The van der Waals surface area contributed by atoms with Gasteiger partial charge in [0.1, 0.15) is 5.75 Å². The lowest BCUT2D eigenvalue weighted by atomic mass is 9.96. The average Bonchev–Trinajstić information content (AvgIpc) is 3.58. The molecule has 2 N–H and O–H groups in total. The summed E-state index contributed by atoms with van der Waals surface area (Å²) in [5.74, 6) is 0.556. The fourth-order valence-electron chi connectivity index (χ4n) is 5.16. The predicted octanol–water partition coefficient (Wildman–Crippen LogP) is 4.84. The Hall–Kier alpha value is -3.39. The van der Waals surface area contributed by atoms with Crippen LogP contribution in [-0.4, -0.2) is 39.1 Å². The highest BCUT2D eigenvalue weighted by atomic mass is 32.1. The molecule has 35 heavy (non-hydrogen) atoms.